The van der Waals surface area contributed by atoms with Crippen molar-refractivity contribution in [2.45, 2.75) is 13.3 Å². The molecule has 0 amide bonds. The molecule has 0 unspecified atom stereocenters. The van der Waals surface area contributed by atoms with E-state index in [0.717, 1.165) is 23.5 Å². The summed E-state index contributed by atoms with van der Waals surface area (Å²) in [5.41, 5.74) is 0.840. The van der Waals surface area contributed by atoms with Gasteiger partial charge in [-0.3, -0.25) is 0 Å². The molecule has 0 saturated heterocycles. The summed E-state index contributed by atoms with van der Waals surface area (Å²) < 4.78 is 27.3. The second-order valence-electron chi connectivity index (χ2n) is 6.01. The van der Waals surface area contributed by atoms with Gasteiger partial charge in [-0.2, -0.15) is 0 Å². The number of esters is 1. The van der Waals surface area contributed by atoms with Crippen LogP contribution in [0.4, 0.5) is 0 Å². The Kier molecular flexibility index (Phi) is 7.18. The van der Waals surface area contributed by atoms with Gasteiger partial charge in [0.1, 0.15) is 24.7 Å². The second kappa shape index (κ2) is 10.3. The van der Waals surface area contributed by atoms with Gasteiger partial charge >= 0.3 is 5.97 Å². The van der Waals surface area contributed by atoms with Gasteiger partial charge < -0.3 is 23.7 Å². The molecule has 0 spiro atoms. The van der Waals surface area contributed by atoms with Crippen LogP contribution in [0, 0.1) is 0 Å². The lowest BCUT2D eigenvalue weighted by Gasteiger charge is -2.08. The van der Waals surface area contributed by atoms with Crippen LogP contribution in [0.5, 0.6) is 23.0 Å². The van der Waals surface area contributed by atoms with Gasteiger partial charge in [-0.25, -0.2) is 4.79 Å². The van der Waals surface area contributed by atoms with Crippen molar-refractivity contribution in [3.8, 4) is 23.0 Å². The zero-order chi connectivity index (χ0) is 19.6. The van der Waals surface area contributed by atoms with Crippen molar-refractivity contribution in [3.05, 3.63) is 54.1 Å². The van der Waals surface area contributed by atoms with Gasteiger partial charge in [-0.1, -0.05) is 6.07 Å². The Morgan fingerprint density at radius 1 is 0.964 bits per heavy atom. The highest BCUT2D eigenvalue weighted by atomic mass is 16.6. The number of fused-ring (bicyclic) bond motifs is 1. The average molecular weight is 384 g/mol. The number of hydrogen-bond acceptors (Lipinski definition) is 6. The van der Waals surface area contributed by atoms with Crippen LogP contribution in [-0.4, -0.2) is 39.0 Å². The van der Waals surface area contributed by atoms with Crippen LogP contribution in [0.15, 0.2) is 48.5 Å². The van der Waals surface area contributed by atoms with Crippen molar-refractivity contribution in [1.82, 2.24) is 0 Å². The minimum Gasteiger partial charge on any atom is -0.494 e. The fourth-order valence-corrected chi connectivity index (χ4v) is 2.60. The molecular weight excluding hydrogens is 360 g/mol. The molecule has 6 nitrogen and oxygen atoms in total. The van der Waals surface area contributed by atoms with E-state index in [1.165, 1.54) is 6.08 Å². The van der Waals surface area contributed by atoms with Gasteiger partial charge in [0.25, 0.3) is 0 Å². The minimum absolute atomic E-state index is 0.164. The summed E-state index contributed by atoms with van der Waals surface area (Å²) in [4.78, 5) is 11.9. The van der Waals surface area contributed by atoms with Gasteiger partial charge in [0, 0.05) is 12.5 Å². The first-order valence-corrected chi connectivity index (χ1v) is 9.35. The summed E-state index contributed by atoms with van der Waals surface area (Å²) in [7, 11) is 0. The average Bonchev–Trinajstić information content (AvgIpc) is 2.96. The fraction of sp³-hybridized carbons (Fsp3) is 0.318. The minimum atomic E-state index is -0.428. The second-order valence-corrected chi connectivity index (χ2v) is 6.01. The Balaban J connectivity index is 1.41. The SMILES string of the molecule is CCOc1ccc(OCCOC(=O)/C=C/c2ccc3c(c2)OCCCO3)cc1. The van der Waals surface area contributed by atoms with Gasteiger partial charge in [-0.05, 0) is 55.0 Å². The molecule has 0 atom stereocenters. The van der Waals surface area contributed by atoms with Crippen LogP contribution < -0.4 is 18.9 Å². The van der Waals surface area contributed by atoms with Crippen molar-refractivity contribution in [2.75, 3.05) is 33.0 Å². The highest BCUT2D eigenvalue weighted by Gasteiger charge is 2.09. The largest absolute Gasteiger partial charge is 0.494 e. The third kappa shape index (κ3) is 5.94. The first-order valence-electron chi connectivity index (χ1n) is 9.35. The maximum atomic E-state index is 11.9. The summed E-state index contributed by atoms with van der Waals surface area (Å²) >= 11 is 0. The van der Waals surface area contributed by atoms with Crippen molar-refractivity contribution in [1.29, 1.82) is 0 Å². The van der Waals surface area contributed by atoms with E-state index in [2.05, 4.69) is 0 Å². The molecular formula is C22H24O6. The number of carbonyl (C=O) groups excluding carboxylic acids is 1. The smallest absolute Gasteiger partial charge is 0.330 e. The molecule has 6 heteroatoms. The first-order chi connectivity index (χ1) is 13.7. The maximum absolute atomic E-state index is 11.9. The van der Waals surface area contributed by atoms with Crippen molar-refractivity contribution in [3.63, 3.8) is 0 Å². The zero-order valence-electron chi connectivity index (χ0n) is 15.9. The molecule has 0 bridgehead atoms. The Morgan fingerprint density at radius 2 is 1.68 bits per heavy atom. The molecule has 0 N–H and O–H groups in total. The highest BCUT2D eigenvalue weighted by molar-refractivity contribution is 5.87. The van der Waals surface area contributed by atoms with Crippen LogP contribution in [0.3, 0.4) is 0 Å². The standard InChI is InChI=1S/C22H24O6/c1-2-24-18-6-8-19(9-7-18)25-14-15-28-22(23)11-5-17-4-10-20-21(16-17)27-13-3-12-26-20/h4-11,16H,2-3,12-15H2,1H3/b11-5+. The van der Waals surface area contributed by atoms with Gasteiger partial charge in [0.15, 0.2) is 11.5 Å². The third-order valence-corrected chi connectivity index (χ3v) is 3.91. The molecule has 0 radical (unpaired) electrons. The maximum Gasteiger partial charge on any atom is 0.330 e. The van der Waals surface area contributed by atoms with E-state index in [1.54, 1.807) is 6.08 Å². The van der Waals surface area contributed by atoms with E-state index >= 15 is 0 Å². The van der Waals surface area contributed by atoms with Crippen LogP contribution in [0.2, 0.25) is 0 Å². The number of ether oxygens (including phenoxy) is 5. The van der Waals surface area contributed by atoms with E-state index < -0.39 is 5.97 Å². The van der Waals surface area contributed by atoms with Crippen molar-refractivity contribution >= 4 is 12.0 Å². The quantitative estimate of drug-likeness (QED) is 0.391. The molecule has 0 saturated carbocycles. The molecule has 1 aliphatic heterocycles. The van der Waals surface area contributed by atoms with Crippen LogP contribution in [0.1, 0.15) is 18.9 Å². The van der Waals surface area contributed by atoms with Crippen molar-refractivity contribution in [2.24, 2.45) is 0 Å². The van der Waals surface area contributed by atoms with E-state index in [4.69, 9.17) is 23.7 Å². The Labute approximate surface area is 164 Å². The van der Waals surface area contributed by atoms with Gasteiger partial charge in [0.2, 0.25) is 0 Å². The van der Waals surface area contributed by atoms with E-state index in [0.29, 0.717) is 31.3 Å². The zero-order valence-corrected chi connectivity index (χ0v) is 15.9. The normalized spacial score (nSPS) is 13.0. The van der Waals surface area contributed by atoms with Crippen LogP contribution in [-0.2, 0) is 9.53 Å². The van der Waals surface area contributed by atoms with Crippen LogP contribution >= 0.6 is 0 Å². The van der Waals surface area contributed by atoms with Crippen molar-refractivity contribution < 1.29 is 28.5 Å². The summed E-state index contributed by atoms with van der Waals surface area (Å²) in [6, 6.07) is 12.9. The lowest BCUT2D eigenvalue weighted by atomic mass is 10.2. The number of hydrogen-bond donors (Lipinski definition) is 0. The molecule has 0 aliphatic carbocycles. The lowest BCUT2D eigenvalue weighted by Crippen LogP contribution is -2.10. The predicted molar refractivity (Wildman–Crippen MR) is 105 cm³/mol. The monoisotopic (exact) mass is 384 g/mol. The predicted octanol–water partition coefficient (Wildman–Crippen LogP) is 3.88. The van der Waals surface area contributed by atoms with Gasteiger partial charge in [0.05, 0.1) is 19.8 Å². The summed E-state index contributed by atoms with van der Waals surface area (Å²) in [6.45, 7) is 4.26. The third-order valence-electron chi connectivity index (χ3n) is 3.91. The van der Waals surface area contributed by atoms with E-state index in [9.17, 15) is 4.79 Å². The van der Waals surface area contributed by atoms with Crippen LogP contribution in [0.25, 0.3) is 6.08 Å². The molecule has 28 heavy (non-hydrogen) atoms. The lowest BCUT2D eigenvalue weighted by molar-refractivity contribution is -0.138. The summed E-state index contributed by atoms with van der Waals surface area (Å²) in [5.74, 6) is 2.48. The molecule has 3 rings (SSSR count). The fourth-order valence-electron chi connectivity index (χ4n) is 2.60. The molecule has 2 aromatic rings. The van der Waals surface area contributed by atoms with E-state index in [-0.39, 0.29) is 13.2 Å². The van der Waals surface area contributed by atoms with Gasteiger partial charge in [-0.15, -0.1) is 0 Å². The molecule has 1 heterocycles. The Bertz CT molecular complexity index is 797. The van der Waals surface area contributed by atoms with E-state index in [1.807, 2.05) is 49.4 Å². The molecule has 1 aliphatic rings. The molecule has 0 aromatic heterocycles. The topological polar surface area (TPSA) is 63.2 Å². The summed E-state index contributed by atoms with van der Waals surface area (Å²) in [6.07, 6.45) is 3.92. The molecule has 148 valence electrons. The number of benzene rings is 2. The first kappa shape index (κ1) is 19.6. The molecule has 2 aromatic carbocycles. The Hall–Kier alpha value is -3.15. The number of rotatable bonds is 8. The Morgan fingerprint density at radius 3 is 2.43 bits per heavy atom. The number of carbonyl (C=O) groups is 1. The molecule has 0 fully saturated rings. The summed E-state index contributed by atoms with van der Waals surface area (Å²) in [5, 5.41) is 0. The highest BCUT2D eigenvalue weighted by Crippen LogP contribution is 2.30.